The minimum Gasteiger partial charge on any atom is -0.484 e. The number of nitrogens with zero attached hydrogens (tertiary/aromatic N) is 6. The Labute approximate surface area is 155 Å². The molecule has 0 spiro atoms. The molecular formula is C19H18N6O2. The molecule has 0 atom stereocenters. The molecule has 0 saturated heterocycles. The molecular weight excluding hydrogens is 344 g/mol. The lowest BCUT2D eigenvalue weighted by atomic mass is 10.0. The largest absolute Gasteiger partial charge is 0.484 e. The minimum atomic E-state index is 0.177. The topological polar surface area (TPSA) is 91.8 Å². The van der Waals surface area contributed by atoms with Gasteiger partial charge in [0.25, 0.3) is 5.89 Å². The van der Waals surface area contributed by atoms with E-state index in [1.807, 2.05) is 36.4 Å². The van der Waals surface area contributed by atoms with Gasteiger partial charge in [-0.05, 0) is 34.0 Å². The summed E-state index contributed by atoms with van der Waals surface area (Å²) in [5, 5.41) is 15.1. The van der Waals surface area contributed by atoms with Gasteiger partial charge in [0.1, 0.15) is 12.1 Å². The Bertz CT molecular complexity index is 1010. The monoisotopic (exact) mass is 362 g/mol. The molecule has 8 heteroatoms. The van der Waals surface area contributed by atoms with Gasteiger partial charge in [0.15, 0.2) is 6.61 Å². The number of tetrazole rings is 1. The molecule has 0 bridgehead atoms. The lowest BCUT2D eigenvalue weighted by molar-refractivity contribution is 0.243. The Morgan fingerprint density at radius 2 is 1.96 bits per heavy atom. The Kier molecular flexibility index (Phi) is 4.61. The lowest BCUT2D eigenvalue weighted by Crippen LogP contribution is -1.98. The van der Waals surface area contributed by atoms with E-state index in [2.05, 4.69) is 51.6 Å². The van der Waals surface area contributed by atoms with E-state index in [1.165, 1.54) is 11.9 Å². The average Bonchev–Trinajstić information content (AvgIpc) is 3.39. The molecule has 0 aliphatic carbocycles. The first kappa shape index (κ1) is 16.9. The summed E-state index contributed by atoms with van der Waals surface area (Å²) in [4.78, 5) is 4.40. The molecule has 0 radical (unpaired) electrons. The summed E-state index contributed by atoms with van der Waals surface area (Å²) < 4.78 is 12.6. The van der Waals surface area contributed by atoms with Crippen molar-refractivity contribution >= 4 is 0 Å². The van der Waals surface area contributed by atoms with Crippen LogP contribution in [0.2, 0.25) is 0 Å². The van der Waals surface area contributed by atoms with E-state index in [9.17, 15) is 0 Å². The quantitative estimate of drug-likeness (QED) is 0.519. The Balaban J connectivity index is 1.43. The van der Waals surface area contributed by atoms with Crippen LogP contribution in [0.1, 0.15) is 31.2 Å². The molecule has 4 rings (SSSR count). The number of hydrogen-bond donors (Lipinski definition) is 0. The zero-order valence-electron chi connectivity index (χ0n) is 15.0. The molecule has 0 aliphatic rings. The number of hydrogen-bond acceptors (Lipinski definition) is 7. The van der Waals surface area contributed by atoms with Crippen LogP contribution in [0.25, 0.3) is 17.1 Å². The van der Waals surface area contributed by atoms with Crippen molar-refractivity contribution in [2.24, 2.45) is 0 Å². The molecule has 0 unspecified atom stereocenters. The Morgan fingerprint density at radius 1 is 1.11 bits per heavy atom. The molecule has 2 aromatic heterocycles. The summed E-state index contributed by atoms with van der Waals surface area (Å²) in [6, 6.07) is 15.6. The van der Waals surface area contributed by atoms with E-state index in [4.69, 9.17) is 9.26 Å². The van der Waals surface area contributed by atoms with E-state index in [-0.39, 0.29) is 6.61 Å². The van der Waals surface area contributed by atoms with Gasteiger partial charge in [0, 0.05) is 11.6 Å². The van der Waals surface area contributed by atoms with Crippen molar-refractivity contribution in [1.82, 2.24) is 30.3 Å². The van der Waals surface area contributed by atoms with Crippen LogP contribution in [-0.2, 0) is 6.61 Å². The number of rotatable bonds is 6. The standard InChI is InChI=1S/C19H18N6O2/c1-13(2)14-6-8-15(9-7-14)19-21-18(27-22-19)11-26-17-5-3-4-16(10-17)25-12-20-23-24-25/h3-10,12-13H,11H2,1-2H3. The third-order valence-electron chi connectivity index (χ3n) is 4.10. The average molecular weight is 362 g/mol. The van der Waals surface area contributed by atoms with E-state index in [1.54, 1.807) is 4.68 Å². The number of ether oxygens (including phenoxy) is 1. The molecule has 136 valence electrons. The van der Waals surface area contributed by atoms with Crippen molar-refractivity contribution < 1.29 is 9.26 Å². The molecule has 2 heterocycles. The smallest absolute Gasteiger partial charge is 0.264 e. The summed E-state index contributed by atoms with van der Waals surface area (Å²) in [6.07, 6.45) is 1.52. The zero-order chi connectivity index (χ0) is 18.6. The zero-order valence-corrected chi connectivity index (χ0v) is 15.0. The van der Waals surface area contributed by atoms with Gasteiger partial charge in [-0.1, -0.05) is 49.3 Å². The summed E-state index contributed by atoms with van der Waals surface area (Å²) in [5.74, 6) is 2.10. The minimum absolute atomic E-state index is 0.177. The molecule has 8 nitrogen and oxygen atoms in total. The first-order valence-corrected chi connectivity index (χ1v) is 8.58. The second-order valence-electron chi connectivity index (χ2n) is 6.33. The molecule has 0 amide bonds. The highest BCUT2D eigenvalue weighted by Gasteiger charge is 2.10. The van der Waals surface area contributed by atoms with Crippen LogP contribution < -0.4 is 4.74 Å². The number of benzene rings is 2. The lowest BCUT2D eigenvalue weighted by Gasteiger charge is -2.05. The third kappa shape index (κ3) is 3.84. The Morgan fingerprint density at radius 3 is 2.70 bits per heavy atom. The van der Waals surface area contributed by atoms with Crippen LogP contribution in [0, 0.1) is 0 Å². The van der Waals surface area contributed by atoms with Crippen molar-refractivity contribution in [3.05, 3.63) is 66.3 Å². The van der Waals surface area contributed by atoms with Crippen LogP contribution in [0.15, 0.2) is 59.4 Å². The second kappa shape index (κ2) is 7.36. The molecule has 4 aromatic rings. The maximum Gasteiger partial charge on any atom is 0.264 e. The maximum atomic E-state index is 5.75. The van der Waals surface area contributed by atoms with Crippen molar-refractivity contribution in [3.8, 4) is 22.8 Å². The van der Waals surface area contributed by atoms with Crippen LogP contribution in [0.3, 0.4) is 0 Å². The van der Waals surface area contributed by atoms with Crippen LogP contribution in [-0.4, -0.2) is 30.3 Å². The predicted octanol–water partition coefficient (Wildman–Crippen LogP) is 3.41. The molecule has 2 aromatic carbocycles. The van der Waals surface area contributed by atoms with Gasteiger partial charge in [-0.2, -0.15) is 4.98 Å². The summed E-state index contributed by atoms with van der Waals surface area (Å²) in [6.45, 7) is 4.50. The normalized spacial score (nSPS) is 11.1. The van der Waals surface area contributed by atoms with E-state index < -0.39 is 0 Å². The molecule has 0 fully saturated rings. The molecule has 0 saturated carbocycles. The highest BCUT2D eigenvalue weighted by molar-refractivity contribution is 5.54. The predicted molar refractivity (Wildman–Crippen MR) is 97.3 cm³/mol. The van der Waals surface area contributed by atoms with Crippen molar-refractivity contribution in [2.45, 2.75) is 26.4 Å². The van der Waals surface area contributed by atoms with Crippen molar-refractivity contribution in [2.75, 3.05) is 0 Å². The van der Waals surface area contributed by atoms with Gasteiger partial charge in [0.2, 0.25) is 5.82 Å². The summed E-state index contributed by atoms with van der Waals surface area (Å²) in [7, 11) is 0. The first-order chi connectivity index (χ1) is 13.2. The fourth-order valence-electron chi connectivity index (χ4n) is 2.59. The third-order valence-corrected chi connectivity index (χ3v) is 4.10. The summed E-state index contributed by atoms with van der Waals surface area (Å²) in [5.41, 5.74) is 2.98. The summed E-state index contributed by atoms with van der Waals surface area (Å²) >= 11 is 0. The van der Waals surface area contributed by atoms with Gasteiger partial charge in [-0.15, -0.1) is 5.10 Å². The fraction of sp³-hybridized carbons (Fsp3) is 0.211. The number of aromatic nitrogens is 6. The second-order valence-corrected chi connectivity index (χ2v) is 6.33. The SMILES string of the molecule is CC(C)c1ccc(-c2noc(COc3cccc(-n4cnnn4)c3)n2)cc1. The van der Waals surface area contributed by atoms with Crippen LogP contribution >= 0.6 is 0 Å². The van der Waals surface area contributed by atoms with Crippen molar-refractivity contribution in [3.63, 3.8) is 0 Å². The molecule has 0 N–H and O–H groups in total. The maximum absolute atomic E-state index is 5.75. The van der Waals surface area contributed by atoms with Gasteiger partial charge in [-0.3, -0.25) is 0 Å². The van der Waals surface area contributed by atoms with E-state index >= 15 is 0 Å². The Hall–Kier alpha value is -3.55. The first-order valence-electron chi connectivity index (χ1n) is 8.58. The van der Waals surface area contributed by atoms with Gasteiger partial charge < -0.3 is 9.26 Å². The highest BCUT2D eigenvalue weighted by Crippen LogP contribution is 2.21. The highest BCUT2D eigenvalue weighted by atomic mass is 16.5. The van der Waals surface area contributed by atoms with Crippen LogP contribution in [0.4, 0.5) is 0 Å². The molecule has 0 aliphatic heterocycles. The molecule has 27 heavy (non-hydrogen) atoms. The van der Waals surface area contributed by atoms with E-state index in [0.717, 1.165) is 11.3 Å². The van der Waals surface area contributed by atoms with Gasteiger partial charge in [-0.25, -0.2) is 4.68 Å². The fourth-order valence-corrected chi connectivity index (χ4v) is 2.59. The van der Waals surface area contributed by atoms with Crippen molar-refractivity contribution in [1.29, 1.82) is 0 Å². The van der Waals surface area contributed by atoms with E-state index in [0.29, 0.717) is 23.4 Å². The van der Waals surface area contributed by atoms with Crippen LogP contribution in [0.5, 0.6) is 5.75 Å². The van der Waals surface area contributed by atoms with Gasteiger partial charge >= 0.3 is 0 Å². The van der Waals surface area contributed by atoms with Gasteiger partial charge in [0.05, 0.1) is 5.69 Å².